The van der Waals surface area contributed by atoms with E-state index in [4.69, 9.17) is 4.74 Å². The molecule has 2 heterocycles. The van der Waals surface area contributed by atoms with Gasteiger partial charge in [0, 0.05) is 42.5 Å². The third-order valence-electron chi connectivity index (χ3n) is 6.97. The largest absolute Gasteiger partial charge is 0.497 e. The molecule has 3 aromatic rings. The number of piperazine rings is 1. The second-order valence-corrected chi connectivity index (χ2v) is 9.31. The van der Waals surface area contributed by atoms with Crippen molar-refractivity contribution in [3.63, 3.8) is 0 Å². The zero-order chi connectivity index (χ0) is 27.9. The number of halogens is 5. The van der Waals surface area contributed by atoms with E-state index in [2.05, 4.69) is 10.7 Å². The van der Waals surface area contributed by atoms with Crippen molar-refractivity contribution in [2.45, 2.75) is 24.7 Å². The van der Waals surface area contributed by atoms with Crippen LogP contribution in [-0.2, 0) is 11.0 Å². The molecule has 0 amide bonds. The van der Waals surface area contributed by atoms with Crippen LogP contribution in [0.25, 0.3) is 0 Å². The zero-order valence-corrected chi connectivity index (χ0v) is 20.7. The first-order chi connectivity index (χ1) is 18.6. The molecule has 5 rings (SSSR count). The van der Waals surface area contributed by atoms with Gasteiger partial charge in [0.15, 0.2) is 0 Å². The standard InChI is InChI=1S/C27H25F5N4O3/c1-39-16-5-2-4-15(12-16)35-11-10-33-21(14-35)24-18(27(30,31)32)8-9-20(29)26(24)36-22(13-23(37)38)17-6-3-7-19(28)25(17)34-36/h2-9,12,21-22,33-34H,10-11,13-14H2,1H3,(H,37,38). The summed E-state index contributed by atoms with van der Waals surface area (Å²) >= 11 is 0. The molecule has 0 aliphatic carbocycles. The first-order valence-electron chi connectivity index (χ1n) is 12.2. The van der Waals surface area contributed by atoms with Crippen molar-refractivity contribution in [3.05, 3.63) is 82.9 Å². The average Bonchev–Trinajstić information content (AvgIpc) is 3.26. The Balaban J connectivity index is 1.64. The molecular formula is C27H25F5N4O3. The number of para-hydroxylation sites is 1. The minimum absolute atomic E-state index is 0.0471. The van der Waals surface area contributed by atoms with E-state index in [9.17, 15) is 27.5 Å². The van der Waals surface area contributed by atoms with Gasteiger partial charge in [-0.05, 0) is 30.3 Å². The highest BCUT2D eigenvalue weighted by Crippen LogP contribution is 2.48. The minimum Gasteiger partial charge on any atom is -0.497 e. The SMILES string of the molecule is COc1cccc(N2CCNC(c3c(C(F)(F)F)ccc(F)c3N3Nc4c(F)cccc4C3CC(=O)O)C2)c1. The molecule has 12 heteroatoms. The Morgan fingerprint density at radius 2 is 1.87 bits per heavy atom. The number of carbonyl (C=O) groups is 1. The molecule has 0 saturated carbocycles. The maximum atomic E-state index is 15.6. The summed E-state index contributed by atoms with van der Waals surface area (Å²) in [7, 11) is 1.51. The molecule has 2 aliphatic rings. The maximum Gasteiger partial charge on any atom is 0.416 e. The van der Waals surface area contributed by atoms with Gasteiger partial charge in [-0.2, -0.15) is 13.2 Å². The summed E-state index contributed by atoms with van der Waals surface area (Å²) in [5, 5.41) is 13.6. The summed E-state index contributed by atoms with van der Waals surface area (Å²) in [5.74, 6) is -2.45. The van der Waals surface area contributed by atoms with Gasteiger partial charge >= 0.3 is 12.1 Å². The quantitative estimate of drug-likeness (QED) is 0.351. The molecule has 2 unspecified atom stereocenters. The second-order valence-electron chi connectivity index (χ2n) is 9.31. The molecule has 0 radical (unpaired) electrons. The normalized spacial score (nSPS) is 19.0. The summed E-state index contributed by atoms with van der Waals surface area (Å²) in [6.07, 6.45) is -5.45. The van der Waals surface area contributed by atoms with Crippen LogP contribution in [-0.4, -0.2) is 37.8 Å². The van der Waals surface area contributed by atoms with Gasteiger partial charge in [0.2, 0.25) is 0 Å². The topological polar surface area (TPSA) is 77.1 Å². The summed E-state index contributed by atoms with van der Waals surface area (Å²) < 4.78 is 78.7. The Bertz CT molecular complexity index is 1400. The molecule has 0 bridgehead atoms. The third kappa shape index (κ3) is 5.03. The Labute approximate surface area is 220 Å². The van der Waals surface area contributed by atoms with Gasteiger partial charge in [0.1, 0.15) is 17.4 Å². The van der Waals surface area contributed by atoms with Gasteiger partial charge in [-0.25, -0.2) is 8.78 Å². The third-order valence-corrected chi connectivity index (χ3v) is 6.97. The Morgan fingerprint density at radius 1 is 1.10 bits per heavy atom. The average molecular weight is 549 g/mol. The van der Waals surface area contributed by atoms with E-state index in [1.54, 1.807) is 24.3 Å². The van der Waals surface area contributed by atoms with E-state index in [0.717, 1.165) is 11.1 Å². The Hall–Kier alpha value is -4.06. The second kappa shape index (κ2) is 10.3. The molecule has 2 atom stereocenters. The van der Waals surface area contributed by atoms with Crippen molar-refractivity contribution in [1.82, 2.24) is 5.32 Å². The van der Waals surface area contributed by atoms with Crippen LogP contribution in [0.4, 0.5) is 39.0 Å². The fourth-order valence-corrected chi connectivity index (χ4v) is 5.26. The molecule has 2 aliphatic heterocycles. The fraction of sp³-hybridized carbons (Fsp3) is 0.296. The van der Waals surface area contributed by atoms with Gasteiger partial charge in [-0.3, -0.25) is 15.2 Å². The lowest BCUT2D eigenvalue weighted by Gasteiger charge is -2.39. The molecule has 1 fully saturated rings. The summed E-state index contributed by atoms with van der Waals surface area (Å²) in [6.45, 7) is 0.803. The Kier molecular flexibility index (Phi) is 6.98. The lowest BCUT2D eigenvalue weighted by Crippen LogP contribution is -2.47. The number of fused-ring (bicyclic) bond motifs is 1. The van der Waals surface area contributed by atoms with Crippen LogP contribution in [0, 0.1) is 11.6 Å². The number of carboxylic acids is 1. The van der Waals surface area contributed by atoms with Crippen molar-refractivity contribution in [2.24, 2.45) is 0 Å². The molecule has 0 aromatic heterocycles. The molecule has 3 N–H and O–H groups in total. The number of anilines is 3. The summed E-state index contributed by atoms with van der Waals surface area (Å²) in [6, 6.07) is 10.2. The molecule has 7 nitrogen and oxygen atoms in total. The predicted octanol–water partition coefficient (Wildman–Crippen LogP) is 5.51. The number of nitrogens with one attached hydrogen (secondary N) is 2. The number of methoxy groups -OCH3 is 1. The highest BCUT2D eigenvalue weighted by atomic mass is 19.4. The van der Waals surface area contributed by atoms with Gasteiger partial charge in [0.05, 0.1) is 42.6 Å². The lowest BCUT2D eigenvalue weighted by atomic mass is 9.93. The Morgan fingerprint density at radius 3 is 2.59 bits per heavy atom. The number of hydrogen-bond donors (Lipinski definition) is 3. The van der Waals surface area contributed by atoms with E-state index >= 15 is 4.39 Å². The van der Waals surface area contributed by atoms with Crippen molar-refractivity contribution in [2.75, 3.05) is 42.1 Å². The predicted molar refractivity (Wildman–Crippen MR) is 135 cm³/mol. The first-order valence-corrected chi connectivity index (χ1v) is 12.2. The van der Waals surface area contributed by atoms with Crippen LogP contribution in [0.1, 0.15) is 35.2 Å². The first kappa shape index (κ1) is 26.5. The van der Waals surface area contributed by atoms with Crippen LogP contribution in [0.15, 0.2) is 54.6 Å². The lowest BCUT2D eigenvalue weighted by molar-refractivity contribution is -0.139. The molecule has 1 saturated heterocycles. The van der Waals surface area contributed by atoms with Crippen LogP contribution in [0.3, 0.4) is 0 Å². The monoisotopic (exact) mass is 548 g/mol. The smallest absolute Gasteiger partial charge is 0.416 e. The molecule has 0 spiro atoms. The maximum absolute atomic E-state index is 15.6. The van der Waals surface area contributed by atoms with Crippen LogP contribution >= 0.6 is 0 Å². The highest BCUT2D eigenvalue weighted by molar-refractivity contribution is 5.76. The summed E-state index contributed by atoms with van der Waals surface area (Å²) in [5.41, 5.74) is 1.51. The van der Waals surface area contributed by atoms with Crippen LogP contribution < -0.4 is 25.4 Å². The van der Waals surface area contributed by atoms with E-state index < -0.39 is 59.1 Å². The minimum atomic E-state index is -4.85. The molecule has 3 aromatic carbocycles. The van der Waals surface area contributed by atoms with Gasteiger partial charge < -0.3 is 20.1 Å². The number of hydrogen-bond acceptors (Lipinski definition) is 6. The highest BCUT2D eigenvalue weighted by Gasteiger charge is 2.43. The van der Waals surface area contributed by atoms with E-state index in [1.165, 1.54) is 19.2 Å². The molecule has 39 heavy (non-hydrogen) atoms. The van der Waals surface area contributed by atoms with Gasteiger partial charge in [-0.15, -0.1) is 0 Å². The van der Waals surface area contributed by atoms with Crippen molar-refractivity contribution in [1.29, 1.82) is 0 Å². The number of alkyl halides is 3. The zero-order valence-electron chi connectivity index (χ0n) is 20.7. The summed E-state index contributed by atoms with van der Waals surface area (Å²) in [4.78, 5) is 13.6. The number of benzene rings is 3. The molecular weight excluding hydrogens is 523 g/mol. The molecule has 206 valence electrons. The number of hydrazine groups is 1. The van der Waals surface area contributed by atoms with Crippen molar-refractivity contribution >= 4 is 23.0 Å². The fourth-order valence-electron chi connectivity index (χ4n) is 5.26. The number of carboxylic acid groups (broad SMARTS) is 1. The number of rotatable bonds is 6. The number of nitrogens with zero attached hydrogens (tertiary/aromatic N) is 2. The van der Waals surface area contributed by atoms with E-state index in [1.807, 2.05) is 4.90 Å². The van der Waals surface area contributed by atoms with E-state index in [0.29, 0.717) is 30.1 Å². The van der Waals surface area contributed by atoms with Crippen LogP contribution in [0.5, 0.6) is 5.75 Å². The van der Waals surface area contributed by atoms with Gasteiger partial charge in [0.25, 0.3) is 0 Å². The van der Waals surface area contributed by atoms with Crippen LogP contribution in [0.2, 0.25) is 0 Å². The van der Waals surface area contributed by atoms with E-state index in [-0.39, 0.29) is 24.3 Å². The van der Waals surface area contributed by atoms with Crippen molar-refractivity contribution < 1.29 is 36.6 Å². The van der Waals surface area contributed by atoms with Crippen molar-refractivity contribution in [3.8, 4) is 5.75 Å². The number of ether oxygens (including phenoxy) is 1. The van der Waals surface area contributed by atoms with Gasteiger partial charge in [-0.1, -0.05) is 18.2 Å². The number of aliphatic carboxylic acids is 1.